The second kappa shape index (κ2) is 9.60. The number of rotatable bonds is 6. The van der Waals surface area contributed by atoms with E-state index in [0.29, 0.717) is 11.4 Å². The topological polar surface area (TPSA) is 93.1 Å². The van der Waals surface area contributed by atoms with Crippen LogP contribution in [0.2, 0.25) is 0 Å². The molecule has 0 bridgehead atoms. The average molecular weight is 433 g/mol. The van der Waals surface area contributed by atoms with Crippen molar-refractivity contribution in [3.63, 3.8) is 0 Å². The van der Waals surface area contributed by atoms with Gasteiger partial charge in [-0.05, 0) is 38.5 Å². The number of carbonyl (C=O) groups is 2. The standard InChI is InChI=1S/C25H28N4O3/c1-15(2)23(30)27-22-14-21(19-9-7-6-8-10-19)28-29(25(22)32)18(5)24(31)26-20-12-11-16(3)13-17(20)4/h6-15,18H,1-5H3,(H,26,31)(H,27,30)/t18-/m1/s1. The summed E-state index contributed by atoms with van der Waals surface area (Å²) in [5.74, 6) is -0.967. The monoisotopic (exact) mass is 432 g/mol. The van der Waals surface area contributed by atoms with Crippen molar-refractivity contribution in [1.29, 1.82) is 0 Å². The largest absolute Gasteiger partial charge is 0.324 e. The third-order valence-corrected chi connectivity index (χ3v) is 5.17. The highest BCUT2D eigenvalue weighted by molar-refractivity contribution is 5.94. The van der Waals surface area contributed by atoms with Crippen LogP contribution in [0.5, 0.6) is 0 Å². The predicted octanol–water partition coefficient (Wildman–Crippen LogP) is 4.32. The van der Waals surface area contributed by atoms with Gasteiger partial charge in [0.15, 0.2) is 0 Å². The molecule has 2 N–H and O–H groups in total. The molecule has 7 heteroatoms. The van der Waals surface area contributed by atoms with E-state index in [1.54, 1.807) is 26.8 Å². The molecule has 0 saturated carbocycles. The Bertz CT molecular complexity index is 1200. The molecule has 0 aliphatic heterocycles. The lowest BCUT2D eigenvalue weighted by molar-refractivity contribution is -0.119. The molecule has 0 spiro atoms. The van der Waals surface area contributed by atoms with E-state index in [4.69, 9.17) is 0 Å². The zero-order valence-electron chi connectivity index (χ0n) is 19.0. The van der Waals surface area contributed by atoms with E-state index in [1.165, 1.54) is 0 Å². The van der Waals surface area contributed by atoms with Gasteiger partial charge in [-0.15, -0.1) is 0 Å². The third kappa shape index (κ3) is 5.11. The molecule has 0 saturated heterocycles. The number of hydrogen-bond donors (Lipinski definition) is 2. The Balaban J connectivity index is 2.02. The predicted molar refractivity (Wildman–Crippen MR) is 127 cm³/mol. The number of hydrogen-bond acceptors (Lipinski definition) is 4. The Labute approximate surface area is 187 Å². The highest BCUT2D eigenvalue weighted by atomic mass is 16.2. The van der Waals surface area contributed by atoms with Crippen molar-refractivity contribution in [3.8, 4) is 11.3 Å². The van der Waals surface area contributed by atoms with E-state index in [1.807, 2.05) is 62.4 Å². The van der Waals surface area contributed by atoms with Gasteiger partial charge >= 0.3 is 0 Å². The molecular weight excluding hydrogens is 404 g/mol. The van der Waals surface area contributed by atoms with Gasteiger partial charge in [-0.3, -0.25) is 14.4 Å². The molecular formula is C25H28N4O3. The smallest absolute Gasteiger partial charge is 0.291 e. The first-order chi connectivity index (χ1) is 15.2. The molecule has 0 fully saturated rings. The molecule has 0 aliphatic carbocycles. The lowest BCUT2D eigenvalue weighted by atomic mass is 10.1. The Morgan fingerprint density at radius 3 is 2.16 bits per heavy atom. The Morgan fingerprint density at radius 1 is 0.875 bits per heavy atom. The van der Waals surface area contributed by atoms with E-state index in [0.717, 1.165) is 21.4 Å². The Hall–Kier alpha value is -3.74. The van der Waals surface area contributed by atoms with Gasteiger partial charge in [0.2, 0.25) is 11.8 Å². The molecule has 3 aromatic rings. The maximum atomic E-state index is 13.1. The normalized spacial score (nSPS) is 11.8. The average Bonchev–Trinajstić information content (AvgIpc) is 2.77. The summed E-state index contributed by atoms with van der Waals surface area (Å²) in [5.41, 5.74) is 3.48. The molecule has 2 amide bonds. The number of anilines is 2. The van der Waals surface area contributed by atoms with Gasteiger partial charge in [0.05, 0.1) is 5.69 Å². The highest BCUT2D eigenvalue weighted by Gasteiger charge is 2.22. The molecule has 0 unspecified atom stereocenters. The molecule has 3 rings (SSSR count). The number of amides is 2. The van der Waals surface area contributed by atoms with Gasteiger partial charge < -0.3 is 10.6 Å². The zero-order valence-corrected chi connectivity index (χ0v) is 19.0. The number of nitrogens with one attached hydrogen (secondary N) is 2. The van der Waals surface area contributed by atoms with Crippen molar-refractivity contribution in [2.24, 2.45) is 5.92 Å². The van der Waals surface area contributed by atoms with Crippen LogP contribution in [0, 0.1) is 19.8 Å². The third-order valence-electron chi connectivity index (χ3n) is 5.17. The van der Waals surface area contributed by atoms with Crippen LogP contribution in [-0.4, -0.2) is 21.6 Å². The molecule has 1 atom stereocenters. The zero-order chi connectivity index (χ0) is 23.4. The minimum atomic E-state index is -0.901. The second-order valence-corrected chi connectivity index (χ2v) is 8.19. The lowest BCUT2D eigenvalue weighted by Crippen LogP contribution is -2.36. The summed E-state index contributed by atoms with van der Waals surface area (Å²) < 4.78 is 1.12. The highest BCUT2D eigenvalue weighted by Crippen LogP contribution is 2.21. The van der Waals surface area contributed by atoms with Crippen LogP contribution in [0.3, 0.4) is 0 Å². The summed E-state index contributed by atoms with van der Waals surface area (Å²) in [6.07, 6.45) is 0. The minimum absolute atomic E-state index is 0.0868. The summed E-state index contributed by atoms with van der Waals surface area (Å²) in [5, 5.41) is 10.00. The SMILES string of the molecule is Cc1ccc(NC(=O)[C@@H](C)n2nc(-c3ccccc3)cc(NC(=O)C(C)C)c2=O)c(C)c1. The minimum Gasteiger partial charge on any atom is -0.324 e. The van der Waals surface area contributed by atoms with Gasteiger partial charge in [0.1, 0.15) is 11.7 Å². The molecule has 166 valence electrons. The van der Waals surface area contributed by atoms with Gasteiger partial charge in [-0.2, -0.15) is 5.10 Å². The quantitative estimate of drug-likeness (QED) is 0.607. The van der Waals surface area contributed by atoms with E-state index < -0.39 is 11.6 Å². The molecule has 2 aromatic carbocycles. The fraction of sp³-hybridized carbons (Fsp3) is 0.280. The first-order valence-electron chi connectivity index (χ1n) is 10.6. The number of nitrogens with zero attached hydrogens (tertiary/aromatic N) is 2. The van der Waals surface area contributed by atoms with Gasteiger partial charge in [0, 0.05) is 17.2 Å². The molecule has 7 nitrogen and oxygen atoms in total. The number of aromatic nitrogens is 2. The van der Waals surface area contributed by atoms with E-state index >= 15 is 0 Å². The maximum absolute atomic E-state index is 13.1. The lowest BCUT2D eigenvalue weighted by Gasteiger charge is -2.18. The van der Waals surface area contributed by atoms with Crippen LogP contribution >= 0.6 is 0 Å². The van der Waals surface area contributed by atoms with Crippen LogP contribution in [0.1, 0.15) is 37.9 Å². The summed E-state index contributed by atoms with van der Waals surface area (Å²) in [6, 6.07) is 15.7. The fourth-order valence-electron chi connectivity index (χ4n) is 3.19. The van der Waals surface area contributed by atoms with E-state index in [2.05, 4.69) is 15.7 Å². The van der Waals surface area contributed by atoms with Gasteiger partial charge in [-0.25, -0.2) is 4.68 Å². The molecule has 32 heavy (non-hydrogen) atoms. The number of aryl methyl sites for hydroxylation is 2. The van der Waals surface area contributed by atoms with Crippen LogP contribution < -0.4 is 16.2 Å². The fourth-order valence-corrected chi connectivity index (χ4v) is 3.19. The van der Waals surface area contributed by atoms with Gasteiger partial charge in [0.25, 0.3) is 5.56 Å². The van der Waals surface area contributed by atoms with Crippen LogP contribution in [0.25, 0.3) is 11.3 Å². The van der Waals surface area contributed by atoms with Crippen LogP contribution in [-0.2, 0) is 9.59 Å². The van der Waals surface area contributed by atoms with Gasteiger partial charge in [-0.1, -0.05) is 61.9 Å². The van der Waals surface area contributed by atoms with Crippen molar-refractivity contribution in [2.45, 2.75) is 40.7 Å². The molecule has 1 aromatic heterocycles. The second-order valence-electron chi connectivity index (χ2n) is 8.19. The number of carbonyl (C=O) groups excluding carboxylic acids is 2. The Kier molecular flexibility index (Phi) is 6.88. The first-order valence-corrected chi connectivity index (χ1v) is 10.6. The maximum Gasteiger partial charge on any atom is 0.291 e. The summed E-state index contributed by atoms with van der Waals surface area (Å²) >= 11 is 0. The van der Waals surface area contributed by atoms with Crippen molar-refractivity contribution in [1.82, 2.24) is 9.78 Å². The van der Waals surface area contributed by atoms with E-state index in [-0.39, 0.29) is 23.4 Å². The first kappa shape index (κ1) is 22.9. The van der Waals surface area contributed by atoms with Crippen molar-refractivity contribution >= 4 is 23.2 Å². The van der Waals surface area contributed by atoms with Crippen molar-refractivity contribution < 1.29 is 9.59 Å². The summed E-state index contributed by atoms with van der Waals surface area (Å²) in [4.78, 5) is 38.4. The van der Waals surface area contributed by atoms with Crippen molar-refractivity contribution in [2.75, 3.05) is 10.6 Å². The van der Waals surface area contributed by atoms with E-state index in [9.17, 15) is 14.4 Å². The van der Waals surface area contributed by atoms with Crippen LogP contribution in [0.4, 0.5) is 11.4 Å². The molecule has 0 radical (unpaired) electrons. The molecule has 0 aliphatic rings. The molecule has 1 heterocycles. The van der Waals surface area contributed by atoms with Crippen molar-refractivity contribution in [3.05, 3.63) is 76.1 Å². The summed E-state index contributed by atoms with van der Waals surface area (Å²) in [6.45, 7) is 8.98. The number of benzene rings is 2. The Morgan fingerprint density at radius 2 is 1.53 bits per heavy atom. The summed E-state index contributed by atoms with van der Waals surface area (Å²) in [7, 11) is 0. The van der Waals surface area contributed by atoms with Crippen LogP contribution in [0.15, 0.2) is 59.4 Å².